The molecule has 0 radical (unpaired) electrons. The van der Waals surface area contributed by atoms with Crippen molar-refractivity contribution >= 4 is 23.2 Å². The Bertz CT molecular complexity index is 684. The van der Waals surface area contributed by atoms with Crippen LogP contribution in [0.1, 0.15) is 17.9 Å². The number of amides is 2. The van der Waals surface area contributed by atoms with Crippen LogP contribution in [0.2, 0.25) is 0 Å². The number of carbonyl (C=O) groups is 2. The van der Waals surface area contributed by atoms with Crippen molar-refractivity contribution in [2.45, 2.75) is 19.9 Å². The minimum atomic E-state index is -0.0638. The zero-order valence-electron chi connectivity index (χ0n) is 10.8. The Morgan fingerprint density at radius 3 is 2.80 bits per heavy atom. The fourth-order valence-corrected chi connectivity index (χ4v) is 3.27. The van der Waals surface area contributed by atoms with Gasteiger partial charge in [-0.2, -0.15) is 11.3 Å². The molecule has 0 spiro atoms. The molecule has 2 aromatic heterocycles. The Kier molecular flexibility index (Phi) is 2.38. The highest BCUT2D eigenvalue weighted by Crippen LogP contribution is 2.47. The van der Waals surface area contributed by atoms with Gasteiger partial charge in [-0.3, -0.25) is 14.5 Å². The molecule has 2 aliphatic rings. The summed E-state index contributed by atoms with van der Waals surface area (Å²) in [4.78, 5) is 29.7. The number of nitrogens with zero attached hydrogens (tertiary/aromatic N) is 2. The SMILES string of the molecule is Cc1oc(-c2ccsc2)nc1CN1C(=O)C2CC2C1=O. The number of likely N-dealkylation sites (tertiary alicyclic amines) is 1. The Hall–Kier alpha value is -1.95. The van der Waals surface area contributed by atoms with Gasteiger partial charge in [0.15, 0.2) is 0 Å². The molecular formula is C14H12N2O3S. The van der Waals surface area contributed by atoms with Gasteiger partial charge in [-0.1, -0.05) is 0 Å². The first-order chi connectivity index (χ1) is 9.65. The van der Waals surface area contributed by atoms with Gasteiger partial charge in [-0.05, 0) is 24.8 Å². The van der Waals surface area contributed by atoms with Crippen LogP contribution >= 0.6 is 11.3 Å². The van der Waals surface area contributed by atoms with Crippen molar-refractivity contribution < 1.29 is 14.0 Å². The van der Waals surface area contributed by atoms with Crippen LogP contribution in [0.15, 0.2) is 21.2 Å². The van der Waals surface area contributed by atoms with Crippen molar-refractivity contribution in [1.29, 1.82) is 0 Å². The molecule has 102 valence electrons. The third kappa shape index (κ3) is 1.64. The number of carbonyl (C=O) groups excluding carboxylic acids is 2. The van der Waals surface area contributed by atoms with E-state index in [2.05, 4.69) is 4.98 Å². The first-order valence-electron chi connectivity index (χ1n) is 6.49. The molecule has 2 aromatic rings. The first-order valence-corrected chi connectivity index (χ1v) is 7.43. The molecule has 2 unspecified atom stereocenters. The summed E-state index contributed by atoms with van der Waals surface area (Å²) in [5, 5.41) is 3.91. The van der Waals surface area contributed by atoms with Crippen LogP contribution in [0.5, 0.6) is 0 Å². The van der Waals surface area contributed by atoms with Gasteiger partial charge in [-0.25, -0.2) is 4.98 Å². The molecule has 5 nitrogen and oxygen atoms in total. The summed E-state index contributed by atoms with van der Waals surface area (Å²) in [5.74, 6) is 0.964. The Morgan fingerprint density at radius 2 is 2.15 bits per heavy atom. The molecule has 1 aliphatic carbocycles. The molecule has 1 saturated heterocycles. The maximum Gasteiger partial charge on any atom is 0.233 e. The van der Waals surface area contributed by atoms with Gasteiger partial charge in [-0.15, -0.1) is 0 Å². The van der Waals surface area contributed by atoms with Gasteiger partial charge >= 0.3 is 0 Å². The summed E-state index contributed by atoms with van der Waals surface area (Å²) in [6.45, 7) is 2.04. The second-order valence-corrected chi connectivity index (χ2v) is 6.03. The molecule has 2 amide bonds. The molecule has 4 rings (SSSR count). The van der Waals surface area contributed by atoms with E-state index in [0.29, 0.717) is 17.3 Å². The summed E-state index contributed by atoms with van der Waals surface area (Å²) in [6.07, 6.45) is 0.728. The number of aryl methyl sites for hydroxylation is 1. The maximum atomic E-state index is 12.0. The van der Waals surface area contributed by atoms with Crippen LogP contribution < -0.4 is 0 Å². The van der Waals surface area contributed by atoms with Crippen LogP contribution in [0.4, 0.5) is 0 Å². The van der Waals surface area contributed by atoms with E-state index in [1.807, 2.05) is 23.8 Å². The summed E-state index contributed by atoms with van der Waals surface area (Å²) in [5.41, 5.74) is 1.58. The molecule has 2 fully saturated rings. The second-order valence-electron chi connectivity index (χ2n) is 5.25. The molecule has 0 bridgehead atoms. The van der Waals surface area contributed by atoms with Gasteiger partial charge in [0.1, 0.15) is 11.5 Å². The highest BCUT2D eigenvalue weighted by Gasteiger charge is 2.58. The zero-order chi connectivity index (χ0) is 13.9. The highest BCUT2D eigenvalue weighted by molar-refractivity contribution is 7.08. The van der Waals surface area contributed by atoms with Gasteiger partial charge in [0.05, 0.1) is 18.4 Å². The third-order valence-electron chi connectivity index (χ3n) is 3.93. The standard InChI is InChI=1S/C14H12N2O3S/c1-7-11(15-12(19-7)8-2-3-20-6-8)5-16-13(17)9-4-10(9)14(16)18/h2-3,6,9-10H,4-5H2,1H3. The number of imide groups is 1. The number of oxazole rings is 1. The van der Waals surface area contributed by atoms with Crippen LogP contribution in [0, 0.1) is 18.8 Å². The minimum absolute atomic E-state index is 0.0560. The normalized spacial score (nSPS) is 24.4. The quantitative estimate of drug-likeness (QED) is 0.812. The Morgan fingerprint density at radius 1 is 1.40 bits per heavy atom. The molecule has 6 heteroatoms. The maximum absolute atomic E-state index is 12.0. The van der Waals surface area contributed by atoms with Crippen molar-refractivity contribution in [1.82, 2.24) is 9.88 Å². The van der Waals surface area contributed by atoms with E-state index in [9.17, 15) is 9.59 Å². The fraction of sp³-hybridized carbons (Fsp3) is 0.357. The average molecular weight is 288 g/mol. The van der Waals surface area contributed by atoms with E-state index >= 15 is 0 Å². The van der Waals surface area contributed by atoms with Crippen LogP contribution in [0.3, 0.4) is 0 Å². The van der Waals surface area contributed by atoms with Crippen molar-refractivity contribution in [3.8, 4) is 11.5 Å². The van der Waals surface area contributed by atoms with Crippen molar-refractivity contribution in [2.75, 3.05) is 0 Å². The third-order valence-corrected chi connectivity index (χ3v) is 4.61. The molecule has 0 aromatic carbocycles. The summed E-state index contributed by atoms with van der Waals surface area (Å²) in [7, 11) is 0. The smallest absolute Gasteiger partial charge is 0.233 e. The minimum Gasteiger partial charge on any atom is -0.441 e. The van der Waals surface area contributed by atoms with E-state index in [1.165, 1.54) is 4.90 Å². The lowest BCUT2D eigenvalue weighted by molar-refractivity contribution is -0.142. The fourth-order valence-electron chi connectivity index (χ4n) is 2.64. The predicted octanol–water partition coefficient (Wildman–Crippen LogP) is 2.22. The molecule has 0 N–H and O–H groups in total. The topological polar surface area (TPSA) is 63.4 Å². The lowest BCUT2D eigenvalue weighted by atomic mass is 10.3. The van der Waals surface area contributed by atoms with Crippen LogP contribution in [0.25, 0.3) is 11.5 Å². The zero-order valence-corrected chi connectivity index (χ0v) is 11.6. The number of aromatic nitrogens is 1. The number of hydrogen-bond donors (Lipinski definition) is 0. The van der Waals surface area contributed by atoms with E-state index in [-0.39, 0.29) is 30.2 Å². The van der Waals surface area contributed by atoms with E-state index in [0.717, 1.165) is 12.0 Å². The van der Waals surface area contributed by atoms with Gasteiger partial charge in [0.25, 0.3) is 0 Å². The molecule has 1 saturated carbocycles. The summed E-state index contributed by atoms with van der Waals surface area (Å²) >= 11 is 1.57. The summed E-state index contributed by atoms with van der Waals surface area (Å²) in [6, 6.07) is 1.93. The monoisotopic (exact) mass is 288 g/mol. The lowest BCUT2D eigenvalue weighted by Gasteiger charge is -2.14. The van der Waals surface area contributed by atoms with Gasteiger partial charge in [0.2, 0.25) is 17.7 Å². The van der Waals surface area contributed by atoms with E-state index in [1.54, 1.807) is 11.3 Å². The van der Waals surface area contributed by atoms with Gasteiger partial charge < -0.3 is 4.42 Å². The van der Waals surface area contributed by atoms with E-state index < -0.39 is 0 Å². The van der Waals surface area contributed by atoms with Crippen molar-refractivity contribution in [3.63, 3.8) is 0 Å². The number of piperidine rings is 1. The number of thiophene rings is 1. The van der Waals surface area contributed by atoms with Crippen LogP contribution in [-0.4, -0.2) is 21.7 Å². The largest absolute Gasteiger partial charge is 0.441 e. The van der Waals surface area contributed by atoms with E-state index in [4.69, 9.17) is 4.42 Å². The van der Waals surface area contributed by atoms with Crippen molar-refractivity contribution in [3.05, 3.63) is 28.3 Å². The van der Waals surface area contributed by atoms with Gasteiger partial charge in [0, 0.05) is 10.9 Å². The molecule has 2 atom stereocenters. The molecule has 20 heavy (non-hydrogen) atoms. The second kappa shape index (κ2) is 4.02. The molecular weight excluding hydrogens is 276 g/mol. The predicted molar refractivity (Wildman–Crippen MR) is 71.7 cm³/mol. The number of hydrogen-bond acceptors (Lipinski definition) is 5. The highest BCUT2D eigenvalue weighted by atomic mass is 32.1. The molecule has 3 heterocycles. The Balaban J connectivity index is 1.60. The molecule has 1 aliphatic heterocycles. The average Bonchev–Trinajstić information content (AvgIpc) is 2.77. The first kappa shape index (κ1) is 11.8. The number of fused-ring (bicyclic) bond motifs is 1. The summed E-state index contributed by atoms with van der Waals surface area (Å²) < 4.78 is 5.62. The number of rotatable bonds is 3. The Labute approximate surface area is 119 Å². The lowest BCUT2D eigenvalue weighted by Crippen LogP contribution is -2.32. The van der Waals surface area contributed by atoms with Crippen LogP contribution in [-0.2, 0) is 16.1 Å². The van der Waals surface area contributed by atoms with Crippen molar-refractivity contribution in [2.24, 2.45) is 11.8 Å².